The predicted molar refractivity (Wildman–Crippen MR) is 78.5 cm³/mol. The topological polar surface area (TPSA) is 32.3 Å². The minimum Gasteiger partial charge on any atom is -0.359 e. The summed E-state index contributed by atoms with van der Waals surface area (Å²) in [4.78, 5) is 13.7. The second kappa shape index (κ2) is 6.60. The molecule has 1 fully saturated rings. The zero-order chi connectivity index (χ0) is 13.8. The summed E-state index contributed by atoms with van der Waals surface area (Å²) in [6, 6.07) is 5.58. The summed E-state index contributed by atoms with van der Waals surface area (Å²) < 4.78 is 0. The fourth-order valence-electron chi connectivity index (χ4n) is 2.49. The van der Waals surface area contributed by atoms with Gasteiger partial charge in [-0.25, -0.2) is 0 Å². The molecule has 0 unspecified atom stereocenters. The van der Waals surface area contributed by atoms with Crippen molar-refractivity contribution in [1.29, 1.82) is 0 Å². The van der Waals surface area contributed by atoms with Crippen LogP contribution in [0.2, 0.25) is 10.0 Å². The fraction of sp³-hybridized carbons (Fsp3) is 0.500. The Labute approximate surface area is 123 Å². The number of likely N-dealkylation sites (tertiary alicyclic amines) is 1. The van der Waals surface area contributed by atoms with E-state index in [-0.39, 0.29) is 5.91 Å². The first-order valence-corrected chi connectivity index (χ1v) is 7.21. The van der Waals surface area contributed by atoms with Crippen molar-refractivity contribution in [3.63, 3.8) is 0 Å². The number of hydrogen-bond donors (Lipinski definition) is 1. The van der Waals surface area contributed by atoms with Gasteiger partial charge in [0.2, 0.25) is 5.91 Å². The van der Waals surface area contributed by atoms with E-state index in [1.165, 1.54) is 0 Å². The van der Waals surface area contributed by atoms with Crippen molar-refractivity contribution in [1.82, 2.24) is 10.2 Å². The molecule has 5 heteroatoms. The third-order valence-electron chi connectivity index (χ3n) is 3.57. The quantitative estimate of drug-likeness (QED) is 0.927. The molecule has 0 aromatic heterocycles. The van der Waals surface area contributed by atoms with Gasteiger partial charge in [0.05, 0.1) is 0 Å². The second-order valence-electron chi connectivity index (χ2n) is 4.97. The van der Waals surface area contributed by atoms with Gasteiger partial charge in [-0.1, -0.05) is 29.3 Å². The number of halogens is 2. The SMILES string of the molecule is CNC(=O)C[C@H]1CCN(Cc2c(Cl)cccc2Cl)C1. The van der Waals surface area contributed by atoms with E-state index in [9.17, 15) is 4.79 Å². The Morgan fingerprint density at radius 2 is 2.11 bits per heavy atom. The van der Waals surface area contributed by atoms with E-state index in [0.717, 1.165) is 31.6 Å². The maximum absolute atomic E-state index is 11.4. The van der Waals surface area contributed by atoms with Crippen molar-refractivity contribution in [2.24, 2.45) is 5.92 Å². The Hall–Kier alpha value is -0.770. The predicted octanol–water partition coefficient (Wildman–Crippen LogP) is 2.95. The number of rotatable bonds is 4. The summed E-state index contributed by atoms with van der Waals surface area (Å²) in [7, 11) is 1.68. The Morgan fingerprint density at radius 1 is 1.42 bits per heavy atom. The molecule has 1 aliphatic heterocycles. The molecule has 104 valence electrons. The van der Waals surface area contributed by atoms with Gasteiger partial charge in [-0.15, -0.1) is 0 Å². The zero-order valence-corrected chi connectivity index (χ0v) is 12.5. The molecular weight excluding hydrogens is 283 g/mol. The summed E-state index contributed by atoms with van der Waals surface area (Å²) in [6.45, 7) is 2.67. The van der Waals surface area contributed by atoms with Gasteiger partial charge in [0.1, 0.15) is 0 Å². The molecule has 1 aliphatic rings. The molecule has 1 atom stereocenters. The maximum Gasteiger partial charge on any atom is 0.220 e. The first-order chi connectivity index (χ1) is 9.10. The molecular formula is C14H18Cl2N2O. The van der Waals surface area contributed by atoms with Gasteiger partial charge in [-0.2, -0.15) is 0 Å². The summed E-state index contributed by atoms with van der Waals surface area (Å²) in [6.07, 6.45) is 1.65. The first kappa shape index (κ1) is 14.6. The number of hydrogen-bond acceptors (Lipinski definition) is 2. The first-order valence-electron chi connectivity index (χ1n) is 6.46. The highest BCUT2D eigenvalue weighted by atomic mass is 35.5. The van der Waals surface area contributed by atoms with Crippen LogP contribution in [0.5, 0.6) is 0 Å². The van der Waals surface area contributed by atoms with E-state index in [4.69, 9.17) is 23.2 Å². The van der Waals surface area contributed by atoms with Crippen molar-refractivity contribution in [2.45, 2.75) is 19.4 Å². The summed E-state index contributed by atoms with van der Waals surface area (Å²) in [5.41, 5.74) is 0.978. The van der Waals surface area contributed by atoms with Crippen molar-refractivity contribution < 1.29 is 4.79 Å². The molecule has 1 aromatic carbocycles. The van der Waals surface area contributed by atoms with Gasteiger partial charge in [-0.3, -0.25) is 9.69 Å². The molecule has 0 saturated carbocycles. The van der Waals surface area contributed by atoms with Gasteiger partial charge >= 0.3 is 0 Å². The lowest BCUT2D eigenvalue weighted by atomic mass is 10.0. The van der Waals surface area contributed by atoms with Crippen LogP contribution in [0.1, 0.15) is 18.4 Å². The van der Waals surface area contributed by atoms with Crippen LogP contribution in [-0.4, -0.2) is 30.9 Å². The average Bonchev–Trinajstić information content (AvgIpc) is 2.81. The van der Waals surface area contributed by atoms with E-state index in [1.807, 2.05) is 18.2 Å². The lowest BCUT2D eigenvalue weighted by molar-refractivity contribution is -0.121. The van der Waals surface area contributed by atoms with Crippen molar-refractivity contribution >= 4 is 29.1 Å². The molecule has 1 heterocycles. The summed E-state index contributed by atoms with van der Waals surface area (Å²) in [5, 5.41) is 4.10. The Kier molecular flexibility index (Phi) is 5.08. The minimum atomic E-state index is 0.114. The van der Waals surface area contributed by atoms with Gasteiger partial charge in [0.25, 0.3) is 0 Å². The highest BCUT2D eigenvalue weighted by Gasteiger charge is 2.25. The van der Waals surface area contributed by atoms with Gasteiger partial charge in [0.15, 0.2) is 0 Å². The normalized spacial score (nSPS) is 19.6. The average molecular weight is 301 g/mol. The largest absolute Gasteiger partial charge is 0.359 e. The lowest BCUT2D eigenvalue weighted by Gasteiger charge is -2.17. The Balaban J connectivity index is 1.93. The van der Waals surface area contributed by atoms with Crippen LogP contribution in [0.3, 0.4) is 0 Å². The summed E-state index contributed by atoms with van der Waals surface area (Å²) >= 11 is 12.4. The molecule has 19 heavy (non-hydrogen) atoms. The third kappa shape index (κ3) is 3.85. The van der Waals surface area contributed by atoms with Crippen LogP contribution < -0.4 is 5.32 Å². The molecule has 1 saturated heterocycles. The van der Waals surface area contributed by atoms with Crippen molar-refractivity contribution in [3.8, 4) is 0 Å². The fourth-order valence-corrected chi connectivity index (χ4v) is 3.01. The molecule has 0 bridgehead atoms. The maximum atomic E-state index is 11.4. The third-order valence-corrected chi connectivity index (χ3v) is 4.27. The van der Waals surface area contributed by atoms with Gasteiger partial charge in [0, 0.05) is 42.2 Å². The number of carbonyl (C=O) groups excluding carboxylic acids is 1. The second-order valence-corrected chi connectivity index (χ2v) is 5.78. The van der Waals surface area contributed by atoms with E-state index in [2.05, 4.69) is 10.2 Å². The molecule has 1 amide bonds. The monoisotopic (exact) mass is 300 g/mol. The molecule has 1 aromatic rings. The number of benzene rings is 1. The van der Waals surface area contributed by atoms with E-state index in [1.54, 1.807) is 7.05 Å². The van der Waals surface area contributed by atoms with E-state index >= 15 is 0 Å². The van der Waals surface area contributed by atoms with E-state index < -0.39 is 0 Å². The molecule has 0 aliphatic carbocycles. The van der Waals surface area contributed by atoms with Crippen LogP contribution >= 0.6 is 23.2 Å². The van der Waals surface area contributed by atoms with Crippen LogP contribution in [-0.2, 0) is 11.3 Å². The highest BCUT2D eigenvalue weighted by molar-refractivity contribution is 6.35. The van der Waals surface area contributed by atoms with Crippen LogP contribution in [0.25, 0.3) is 0 Å². The number of nitrogens with one attached hydrogen (secondary N) is 1. The number of amides is 1. The van der Waals surface area contributed by atoms with Crippen LogP contribution in [0.4, 0.5) is 0 Å². The Morgan fingerprint density at radius 3 is 2.74 bits per heavy atom. The number of nitrogens with zero attached hydrogens (tertiary/aromatic N) is 1. The molecule has 0 radical (unpaired) electrons. The summed E-state index contributed by atoms with van der Waals surface area (Å²) in [5.74, 6) is 0.545. The van der Waals surface area contributed by atoms with Gasteiger partial charge < -0.3 is 5.32 Å². The minimum absolute atomic E-state index is 0.114. The Bertz CT molecular complexity index is 445. The molecule has 2 rings (SSSR count). The highest BCUT2D eigenvalue weighted by Crippen LogP contribution is 2.28. The smallest absolute Gasteiger partial charge is 0.220 e. The zero-order valence-electron chi connectivity index (χ0n) is 11.0. The van der Waals surface area contributed by atoms with Crippen LogP contribution in [0, 0.1) is 5.92 Å². The number of carbonyl (C=O) groups is 1. The van der Waals surface area contributed by atoms with Crippen molar-refractivity contribution in [3.05, 3.63) is 33.8 Å². The standard InChI is InChI=1S/C14H18Cl2N2O/c1-17-14(19)7-10-5-6-18(8-10)9-11-12(15)3-2-4-13(11)16/h2-4,10H,5-9H2,1H3,(H,17,19)/t10-/m1/s1. The lowest BCUT2D eigenvalue weighted by Crippen LogP contribution is -2.24. The van der Waals surface area contributed by atoms with Gasteiger partial charge in [-0.05, 0) is 31.0 Å². The van der Waals surface area contributed by atoms with Crippen molar-refractivity contribution in [2.75, 3.05) is 20.1 Å². The van der Waals surface area contributed by atoms with E-state index in [0.29, 0.717) is 22.4 Å². The molecule has 0 spiro atoms. The molecule has 3 nitrogen and oxygen atoms in total. The molecule has 1 N–H and O–H groups in total. The van der Waals surface area contributed by atoms with Crippen LogP contribution in [0.15, 0.2) is 18.2 Å².